The minimum absolute atomic E-state index is 0.345. The molecule has 21 heavy (non-hydrogen) atoms. The van der Waals surface area contributed by atoms with Crippen LogP contribution in [0, 0.1) is 20.8 Å². The van der Waals surface area contributed by atoms with Crippen molar-refractivity contribution in [2.75, 3.05) is 11.4 Å². The van der Waals surface area contributed by atoms with E-state index in [2.05, 4.69) is 15.9 Å². The molecule has 0 atom stereocenters. The van der Waals surface area contributed by atoms with E-state index >= 15 is 0 Å². The number of benzene rings is 2. The zero-order valence-corrected chi connectivity index (χ0v) is 14.9. The third kappa shape index (κ3) is 3.14. The Morgan fingerprint density at radius 2 is 1.62 bits per heavy atom. The van der Waals surface area contributed by atoms with Gasteiger partial charge in [0.05, 0.1) is 10.6 Å². The molecule has 5 heteroatoms. The van der Waals surface area contributed by atoms with Gasteiger partial charge in [-0.25, -0.2) is 8.42 Å². The largest absolute Gasteiger partial charge is 0.269 e. The number of hydrogen-bond donors (Lipinski definition) is 0. The Morgan fingerprint density at radius 3 is 2.19 bits per heavy atom. The maximum Gasteiger partial charge on any atom is 0.264 e. The van der Waals surface area contributed by atoms with Crippen LogP contribution in [0.5, 0.6) is 0 Å². The number of nitrogens with zero attached hydrogens (tertiary/aromatic N) is 1. The van der Waals surface area contributed by atoms with Gasteiger partial charge in [-0.2, -0.15) is 0 Å². The quantitative estimate of drug-likeness (QED) is 0.814. The van der Waals surface area contributed by atoms with Crippen LogP contribution in [0.3, 0.4) is 0 Å². The van der Waals surface area contributed by atoms with Gasteiger partial charge in [0.15, 0.2) is 0 Å². The van der Waals surface area contributed by atoms with Crippen LogP contribution in [-0.2, 0) is 10.0 Å². The van der Waals surface area contributed by atoms with Gasteiger partial charge >= 0.3 is 0 Å². The third-order valence-electron chi connectivity index (χ3n) is 3.47. The number of aryl methyl sites for hydroxylation is 3. The molecule has 0 aliphatic rings. The van der Waals surface area contributed by atoms with Gasteiger partial charge in [-0.15, -0.1) is 0 Å². The predicted molar refractivity (Wildman–Crippen MR) is 90.4 cm³/mol. The van der Waals surface area contributed by atoms with Gasteiger partial charge in [0, 0.05) is 11.5 Å². The van der Waals surface area contributed by atoms with Crippen molar-refractivity contribution < 1.29 is 8.42 Å². The molecule has 0 aliphatic heterocycles. The molecule has 3 nitrogen and oxygen atoms in total. The van der Waals surface area contributed by atoms with E-state index in [-0.39, 0.29) is 0 Å². The van der Waals surface area contributed by atoms with Crippen molar-refractivity contribution in [3.05, 3.63) is 57.6 Å². The van der Waals surface area contributed by atoms with E-state index < -0.39 is 10.0 Å². The minimum Gasteiger partial charge on any atom is -0.269 e. The van der Waals surface area contributed by atoms with E-state index in [0.29, 0.717) is 10.6 Å². The molecule has 2 aromatic carbocycles. The van der Waals surface area contributed by atoms with Gasteiger partial charge in [-0.05, 0) is 56.2 Å². The van der Waals surface area contributed by atoms with E-state index in [9.17, 15) is 8.42 Å². The van der Waals surface area contributed by atoms with Crippen LogP contribution >= 0.6 is 15.9 Å². The Balaban J connectivity index is 2.52. The van der Waals surface area contributed by atoms with Crippen molar-refractivity contribution in [1.82, 2.24) is 0 Å². The molecule has 0 amide bonds. The van der Waals surface area contributed by atoms with Crippen LogP contribution in [0.1, 0.15) is 16.7 Å². The van der Waals surface area contributed by atoms with E-state index in [1.165, 1.54) is 4.31 Å². The number of sulfonamides is 1. The first-order chi connectivity index (χ1) is 9.73. The standard InChI is InChI=1S/C16H18BrNO2S/c1-11-5-8-16(13(3)9-11)21(19,20)18(4)15-7-6-14(17)10-12(15)2/h5-10H,1-4H3. The molecule has 2 aromatic rings. The number of halogens is 1. The SMILES string of the molecule is Cc1ccc(S(=O)(=O)N(C)c2ccc(Br)cc2C)c(C)c1. The lowest BCUT2D eigenvalue weighted by Gasteiger charge is -2.22. The number of rotatable bonds is 3. The van der Waals surface area contributed by atoms with Crippen molar-refractivity contribution in [2.45, 2.75) is 25.7 Å². The van der Waals surface area contributed by atoms with Crippen molar-refractivity contribution in [3.63, 3.8) is 0 Å². The van der Waals surface area contributed by atoms with Crippen molar-refractivity contribution >= 4 is 31.6 Å². The topological polar surface area (TPSA) is 37.4 Å². The fourth-order valence-corrected chi connectivity index (χ4v) is 4.28. The molecule has 0 aliphatic carbocycles. The lowest BCUT2D eigenvalue weighted by Crippen LogP contribution is -2.27. The van der Waals surface area contributed by atoms with Gasteiger partial charge in [-0.3, -0.25) is 4.31 Å². The van der Waals surface area contributed by atoms with Crippen LogP contribution in [0.15, 0.2) is 45.8 Å². The summed E-state index contributed by atoms with van der Waals surface area (Å²) in [5.74, 6) is 0. The maximum atomic E-state index is 12.8. The normalized spacial score (nSPS) is 11.5. The van der Waals surface area contributed by atoms with Crippen LogP contribution in [0.4, 0.5) is 5.69 Å². The van der Waals surface area contributed by atoms with Crippen LogP contribution in [-0.4, -0.2) is 15.5 Å². The molecular weight excluding hydrogens is 350 g/mol. The van der Waals surface area contributed by atoms with Crippen LogP contribution in [0.25, 0.3) is 0 Å². The smallest absolute Gasteiger partial charge is 0.264 e. The number of anilines is 1. The lowest BCUT2D eigenvalue weighted by molar-refractivity contribution is 0.593. The average molecular weight is 368 g/mol. The minimum atomic E-state index is -3.56. The molecule has 112 valence electrons. The molecule has 0 aromatic heterocycles. The molecular formula is C16H18BrNO2S. The summed E-state index contributed by atoms with van der Waals surface area (Å²) in [4.78, 5) is 0.345. The fourth-order valence-electron chi connectivity index (χ4n) is 2.34. The van der Waals surface area contributed by atoms with Gasteiger partial charge < -0.3 is 0 Å². The highest BCUT2D eigenvalue weighted by molar-refractivity contribution is 9.10. The first-order valence-electron chi connectivity index (χ1n) is 6.56. The Bertz CT molecular complexity index is 785. The van der Waals surface area contributed by atoms with E-state index in [1.54, 1.807) is 19.2 Å². The van der Waals surface area contributed by atoms with Crippen molar-refractivity contribution in [1.29, 1.82) is 0 Å². The summed E-state index contributed by atoms with van der Waals surface area (Å²) in [7, 11) is -1.97. The molecule has 0 radical (unpaired) electrons. The molecule has 0 saturated heterocycles. The Hall–Kier alpha value is -1.33. The van der Waals surface area contributed by atoms with Gasteiger partial charge in [0.2, 0.25) is 0 Å². The summed E-state index contributed by atoms with van der Waals surface area (Å²) >= 11 is 3.39. The predicted octanol–water partition coefficient (Wildman–Crippen LogP) is 4.20. The highest BCUT2D eigenvalue weighted by atomic mass is 79.9. The first-order valence-corrected chi connectivity index (χ1v) is 8.79. The molecule has 2 rings (SSSR count). The zero-order valence-electron chi connectivity index (χ0n) is 12.5. The third-order valence-corrected chi connectivity index (χ3v) is 5.89. The molecule has 0 unspecified atom stereocenters. The lowest BCUT2D eigenvalue weighted by atomic mass is 10.2. The number of hydrogen-bond acceptors (Lipinski definition) is 2. The molecule has 0 heterocycles. The van der Waals surface area contributed by atoms with Gasteiger partial charge in [-0.1, -0.05) is 33.6 Å². The van der Waals surface area contributed by atoms with Crippen LogP contribution < -0.4 is 4.31 Å². The average Bonchev–Trinajstić information content (AvgIpc) is 2.37. The molecule has 0 bridgehead atoms. The monoisotopic (exact) mass is 367 g/mol. The summed E-state index contributed by atoms with van der Waals surface area (Å²) in [5.41, 5.74) is 3.39. The second-order valence-corrected chi connectivity index (χ2v) is 8.03. The zero-order chi connectivity index (χ0) is 15.8. The van der Waals surface area contributed by atoms with Crippen molar-refractivity contribution in [2.24, 2.45) is 0 Å². The van der Waals surface area contributed by atoms with Crippen LogP contribution in [0.2, 0.25) is 0 Å². The summed E-state index contributed by atoms with van der Waals surface area (Å²) in [6.07, 6.45) is 0. The van der Waals surface area contributed by atoms with Gasteiger partial charge in [0.25, 0.3) is 10.0 Å². The van der Waals surface area contributed by atoms with E-state index in [0.717, 1.165) is 21.2 Å². The summed E-state index contributed by atoms with van der Waals surface area (Å²) in [6, 6.07) is 10.9. The summed E-state index contributed by atoms with van der Waals surface area (Å²) in [6.45, 7) is 5.67. The molecule has 0 spiro atoms. The molecule has 0 fully saturated rings. The Morgan fingerprint density at radius 1 is 0.952 bits per heavy atom. The summed E-state index contributed by atoms with van der Waals surface area (Å²) < 4.78 is 27.9. The highest BCUT2D eigenvalue weighted by Gasteiger charge is 2.24. The Labute approximate surface area is 134 Å². The molecule has 0 saturated carbocycles. The highest BCUT2D eigenvalue weighted by Crippen LogP contribution is 2.29. The second kappa shape index (κ2) is 5.81. The maximum absolute atomic E-state index is 12.8. The Kier molecular flexibility index (Phi) is 4.44. The van der Waals surface area contributed by atoms with E-state index in [4.69, 9.17) is 0 Å². The van der Waals surface area contributed by atoms with Gasteiger partial charge in [0.1, 0.15) is 0 Å². The second-order valence-electron chi connectivity index (χ2n) is 5.17. The first kappa shape index (κ1) is 16.0. The molecule has 0 N–H and O–H groups in total. The fraction of sp³-hybridized carbons (Fsp3) is 0.250. The van der Waals surface area contributed by atoms with E-state index in [1.807, 2.05) is 45.0 Å². The van der Waals surface area contributed by atoms with Crippen molar-refractivity contribution in [3.8, 4) is 0 Å². The summed E-state index contributed by atoms with van der Waals surface area (Å²) in [5, 5.41) is 0.